The quantitative estimate of drug-likeness (QED) is 0.719. The number of hydrogen-bond acceptors (Lipinski definition) is 5. The Bertz CT molecular complexity index is 812. The molecule has 148 valence electrons. The maximum Gasteiger partial charge on any atom is 0.338 e. The highest BCUT2D eigenvalue weighted by Crippen LogP contribution is 2.18. The van der Waals surface area contributed by atoms with Crippen molar-refractivity contribution in [1.82, 2.24) is 4.90 Å². The van der Waals surface area contributed by atoms with Crippen LogP contribution in [-0.2, 0) is 9.53 Å². The summed E-state index contributed by atoms with van der Waals surface area (Å²) in [7, 11) is 0. The van der Waals surface area contributed by atoms with Crippen LogP contribution in [0.5, 0.6) is 5.75 Å². The zero-order valence-electron chi connectivity index (χ0n) is 16.4. The van der Waals surface area contributed by atoms with Crippen molar-refractivity contribution in [2.24, 2.45) is 0 Å². The van der Waals surface area contributed by atoms with Crippen molar-refractivity contribution >= 4 is 17.6 Å². The highest BCUT2D eigenvalue weighted by molar-refractivity contribution is 5.89. The molecule has 2 aromatic carbocycles. The molecular weight excluding hydrogens is 356 g/mol. The summed E-state index contributed by atoms with van der Waals surface area (Å²) in [6.45, 7) is 7.15. The zero-order valence-corrected chi connectivity index (χ0v) is 16.4. The molecule has 1 fully saturated rings. The second-order valence-corrected chi connectivity index (χ2v) is 6.74. The van der Waals surface area contributed by atoms with E-state index in [9.17, 15) is 9.59 Å². The SMILES string of the molecule is CCOC(=O)c1ccc(OCC(=O)N2CCN(c3cccc(C)c3)CC2)cc1. The van der Waals surface area contributed by atoms with E-state index in [1.54, 1.807) is 31.2 Å². The first-order valence-corrected chi connectivity index (χ1v) is 9.56. The Morgan fingerprint density at radius 3 is 2.36 bits per heavy atom. The van der Waals surface area contributed by atoms with Crippen molar-refractivity contribution in [1.29, 1.82) is 0 Å². The van der Waals surface area contributed by atoms with Crippen molar-refractivity contribution in [3.8, 4) is 5.75 Å². The maximum absolute atomic E-state index is 12.4. The fourth-order valence-electron chi connectivity index (χ4n) is 3.18. The third kappa shape index (κ3) is 5.03. The zero-order chi connectivity index (χ0) is 19.9. The number of aryl methyl sites for hydroxylation is 1. The molecule has 0 aromatic heterocycles. The number of esters is 1. The van der Waals surface area contributed by atoms with Crippen LogP contribution in [0.15, 0.2) is 48.5 Å². The molecule has 1 saturated heterocycles. The molecule has 1 amide bonds. The summed E-state index contributed by atoms with van der Waals surface area (Å²) in [5, 5.41) is 0. The summed E-state index contributed by atoms with van der Waals surface area (Å²) < 4.78 is 10.5. The van der Waals surface area contributed by atoms with Gasteiger partial charge in [-0.15, -0.1) is 0 Å². The van der Waals surface area contributed by atoms with Crippen LogP contribution in [-0.4, -0.2) is 56.2 Å². The fourth-order valence-corrected chi connectivity index (χ4v) is 3.18. The van der Waals surface area contributed by atoms with Gasteiger partial charge in [0.15, 0.2) is 6.61 Å². The van der Waals surface area contributed by atoms with E-state index in [0.29, 0.717) is 31.0 Å². The summed E-state index contributed by atoms with van der Waals surface area (Å²) in [6.07, 6.45) is 0. The molecule has 0 spiro atoms. The molecular formula is C22H26N2O4. The molecule has 1 heterocycles. The number of rotatable bonds is 6. The first-order valence-electron chi connectivity index (χ1n) is 9.56. The van der Waals surface area contributed by atoms with E-state index in [0.717, 1.165) is 13.1 Å². The first kappa shape index (κ1) is 19.7. The van der Waals surface area contributed by atoms with Crippen LogP contribution in [0.25, 0.3) is 0 Å². The summed E-state index contributed by atoms with van der Waals surface area (Å²) in [5.41, 5.74) is 2.90. The van der Waals surface area contributed by atoms with Gasteiger partial charge < -0.3 is 19.3 Å². The molecule has 0 saturated carbocycles. The number of amides is 1. The normalized spacial score (nSPS) is 13.9. The number of anilines is 1. The average Bonchev–Trinajstić information content (AvgIpc) is 2.72. The second-order valence-electron chi connectivity index (χ2n) is 6.74. The van der Waals surface area contributed by atoms with E-state index >= 15 is 0 Å². The number of carbonyl (C=O) groups is 2. The summed E-state index contributed by atoms with van der Waals surface area (Å²) in [5.74, 6) is 0.162. The van der Waals surface area contributed by atoms with Crippen LogP contribution in [0.3, 0.4) is 0 Å². The Labute approximate surface area is 165 Å². The van der Waals surface area contributed by atoms with Gasteiger partial charge in [-0.05, 0) is 55.8 Å². The number of carbonyl (C=O) groups excluding carboxylic acids is 2. The van der Waals surface area contributed by atoms with Crippen LogP contribution in [0.4, 0.5) is 5.69 Å². The number of hydrogen-bond donors (Lipinski definition) is 0. The van der Waals surface area contributed by atoms with E-state index in [1.807, 2.05) is 4.90 Å². The minimum atomic E-state index is -0.364. The third-order valence-electron chi connectivity index (χ3n) is 4.73. The summed E-state index contributed by atoms with van der Waals surface area (Å²) >= 11 is 0. The van der Waals surface area contributed by atoms with Gasteiger partial charge in [-0.2, -0.15) is 0 Å². The molecule has 28 heavy (non-hydrogen) atoms. The topological polar surface area (TPSA) is 59.1 Å². The molecule has 0 aliphatic carbocycles. The van der Waals surface area contributed by atoms with Gasteiger partial charge in [0.1, 0.15) is 5.75 Å². The monoisotopic (exact) mass is 382 g/mol. The van der Waals surface area contributed by atoms with Gasteiger partial charge in [-0.3, -0.25) is 4.79 Å². The number of benzene rings is 2. The molecule has 0 unspecified atom stereocenters. The van der Waals surface area contributed by atoms with E-state index in [4.69, 9.17) is 9.47 Å². The minimum absolute atomic E-state index is 0.0107. The predicted octanol–water partition coefficient (Wildman–Crippen LogP) is 2.90. The van der Waals surface area contributed by atoms with Crippen LogP contribution >= 0.6 is 0 Å². The molecule has 2 aromatic rings. The van der Waals surface area contributed by atoms with Gasteiger partial charge in [-0.25, -0.2) is 4.79 Å². The highest BCUT2D eigenvalue weighted by atomic mass is 16.5. The number of nitrogens with zero attached hydrogens (tertiary/aromatic N) is 2. The highest BCUT2D eigenvalue weighted by Gasteiger charge is 2.21. The van der Waals surface area contributed by atoms with Crippen molar-refractivity contribution in [2.75, 3.05) is 44.3 Å². The van der Waals surface area contributed by atoms with E-state index < -0.39 is 0 Å². The Morgan fingerprint density at radius 2 is 1.71 bits per heavy atom. The van der Waals surface area contributed by atoms with Gasteiger partial charge in [0.2, 0.25) is 0 Å². The second kappa shape index (κ2) is 9.26. The van der Waals surface area contributed by atoms with Crippen LogP contribution in [0.1, 0.15) is 22.8 Å². The fraction of sp³-hybridized carbons (Fsp3) is 0.364. The molecule has 3 rings (SSSR count). The molecule has 1 aliphatic heterocycles. The van der Waals surface area contributed by atoms with Crippen LogP contribution < -0.4 is 9.64 Å². The lowest BCUT2D eigenvalue weighted by Gasteiger charge is -2.36. The van der Waals surface area contributed by atoms with Gasteiger partial charge in [0, 0.05) is 31.9 Å². The molecule has 0 radical (unpaired) electrons. The molecule has 0 bridgehead atoms. The lowest BCUT2D eigenvalue weighted by atomic mass is 10.2. The van der Waals surface area contributed by atoms with Gasteiger partial charge >= 0.3 is 5.97 Å². The predicted molar refractivity (Wildman–Crippen MR) is 108 cm³/mol. The number of ether oxygens (including phenoxy) is 2. The molecule has 0 atom stereocenters. The molecule has 1 aliphatic rings. The summed E-state index contributed by atoms with van der Waals surface area (Å²) in [6, 6.07) is 15.0. The largest absolute Gasteiger partial charge is 0.484 e. The van der Waals surface area contributed by atoms with E-state index in [1.165, 1.54) is 11.3 Å². The van der Waals surface area contributed by atoms with Crippen molar-refractivity contribution in [3.63, 3.8) is 0 Å². The van der Waals surface area contributed by atoms with Crippen molar-refractivity contribution < 1.29 is 19.1 Å². The summed E-state index contributed by atoms with van der Waals surface area (Å²) in [4.78, 5) is 28.2. The Hall–Kier alpha value is -3.02. The standard InChI is InChI=1S/C22H26N2O4/c1-3-27-22(26)18-7-9-20(10-8-18)28-16-21(25)24-13-11-23(12-14-24)19-6-4-5-17(2)15-19/h4-10,15H,3,11-14,16H2,1-2H3. The van der Waals surface area contributed by atoms with E-state index in [2.05, 4.69) is 36.1 Å². The van der Waals surface area contributed by atoms with Gasteiger partial charge in [-0.1, -0.05) is 12.1 Å². The van der Waals surface area contributed by atoms with Crippen molar-refractivity contribution in [2.45, 2.75) is 13.8 Å². The molecule has 6 heteroatoms. The van der Waals surface area contributed by atoms with Crippen LogP contribution in [0.2, 0.25) is 0 Å². The van der Waals surface area contributed by atoms with Gasteiger partial charge in [0.05, 0.1) is 12.2 Å². The number of piperazine rings is 1. The third-order valence-corrected chi connectivity index (χ3v) is 4.73. The lowest BCUT2D eigenvalue weighted by molar-refractivity contribution is -0.133. The Morgan fingerprint density at radius 1 is 1.00 bits per heavy atom. The maximum atomic E-state index is 12.4. The first-order chi connectivity index (χ1) is 13.6. The van der Waals surface area contributed by atoms with Gasteiger partial charge in [0.25, 0.3) is 5.91 Å². The van der Waals surface area contributed by atoms with Crippen LogP contribution in [0, 0.1) is 6.92 Å². The molecule has 0 N–H and O–H groups in total. The lowest BCUT2D eigenvalue weighted by Crippen LogP contribution is -2.50. The van der Waals surface area contributed by atoms with Crippen molar-refractivity contribution in [3.05, 3.63) is 59.7 Å². The smallest absolute Gasteiger partial charge is 0.338 e. The average molecular weight is 382 g/mol. The minimum Gasteiger partial charge on any atom is -0.484 e. The Kier molecular flexibility index (Phi) is 6.53. The van der Waals surface area contributed by atoms with E-state index in [-0.39, 0.29) is 18.5 Å². The Balaban J connectivity index is 1.46. The molecule has 6 nitrogen and oxygen atoms in total.